The number of hydrogen-bond acceptors (Lipinski definition) is 5. The van der Waals surface area contributed by atoms with E-state index >= 15 is 0 Å². The summed E-state index contributed by atoms with van der Waals surface area (Å²) < 4.78 is 7.21. The van der Waals surface area contributed by atoms with Crippen LogP contribution < -0.4 is 0 Å². The van der Waals surface area contributed by atoms with Crippen LogP contribution >= 0.6 is 0 Å². The third-order valence-corrected chi connectivity index (χ3v) is 5.55. The maximum Gasteiger partial charge on any atom is 0.276 e. The molecule has 0 saturated heterocycles. The van der Waals surface area contributed by atoms with Gasteiger partial charge in [-0.15, -0.1) is 0 Å². The van der Waals surface area contributed by atoms with Gasteiger partial charge >= 0.3 is 0 Å². The van der Waals surface area contributed by atoms with Gasteiger partial charge in [0.2, 0.25) is 0 Å². The number of imidazole rings is 1. The molecule has 1 unspecified atom stereocenters. The number of aryl methyl sites for hydroxylation is 1. The molecule has 1 aliphatic rings. The predicted molar refractivity (Wildman–Crippen MR) is 105 cm³/mol. The van der Waals surface area contributed by atoms with Crippen LogP contribution in [-0.4, -0.2) is 42.3 Å². The fourth-order valence-corrected chi connectivity index (χ4v) is 3.83. The highest BCUT2D eigenvalue weighted by Gasteiger charge is 2.33. The largest absolute Gasteiger partial charge is 0.355 e. The lowest BCUT2D eigenvalue weighted by Gasteiger charge is -2.31. The number of nitrogens with one attached hydrogen (secondary N) is 1. The van der Waals surface area contributed by atoms with Gasteiger partial charge in [0, 0.05) is 31.3 Å². The van der Waals surface area contributed by atoms with Gasteiger partial charge < -0.3 is 14.4 Å². The highest BCUT2D eigenvalue weighted by molar-refractivity contribution is 5.93. The van der Waals surface area contributed by atoms with E-state index in [-0.39, 0.29) is 17.5 Å². The molecule has 3 aromatic heterocycles. The Kier molecular flexibility index (Phi) is 4.04. The summed E-state index contributed by atoms with van der Waals surface area (Å²) in [5.74, 6) is 0.391. The van der Waals surface area contributed by atoms with Gasteiger partial charge in [0.25, 0.3) is 5.91 Å². The molecule has 29 heavy (non-hydrogen) atoms. The molecule has 1 N–H and O–H groups in total. The molecule has 1 aromatic carbocycles. The van der Waals surface area contributed by atoms with Gasteiger partial charge in [-0.2, -0.15) is 5.10 Å². The second-order valence-corrected chi connectivity index (χ2v) is 7.26. The lowest BCUT2D eigenvalue weighted by atomic mass is 9.91. The molecule has 0 saturated carbocycles. The molecule has 146 valence electrons. The first-order chi connectivity index (χ1) is 14.1. The minimum Gasteiger partial charge on any atom is -0.355 e. The average Bonchev–Trinajstić information content (AvgIpc) is 3.48. The van der Waals surface area contributed by atoms with Crippen molar-refractivity contribution in [3.63, 3.8) is 0 Å². The standard InChI is InChI=1S/C21H20N6O2/c1-13-15(9-24-26(13)2)19-8-17(25-29-19)21(28)27-10-16(14-6-4-3-5-7-14)20-18(11-27)22-12-23-20/h3-9,12,16H,10-11H2,1-2H3,(H,22,23). The van der Waals surface area contributed by atoms with Crippen LogP contribution in [0.25, 0.3) is 11.3 Å². The van der Waals surface area contributed by atoms with Gasteiger partial charge in [-0.25, -0.2) is 4.98 Å². The zero-order valence-electron chi connectivity index (χ0n) is 16.2. The Balaban J connectivity index is 1.44. The first-order valence-corrected chi connectivity index (χ1v) is 9.44. The Morgan fingerprint density at radius 2 is 2.10 bits per heavy atom. The lowest BCUT2D eigenvalue weighted by molar-refractivity contribution is 0.0711. The summed E-state index contributed by atoms with van der Waals surface area (Å²) in [6, 6.07) is 11.8. The number of H-pyrrole nitrogens is 1. The van der Waals surface area contributed by atoms with E-state index in [0.29, 0.717) is 18.8 Å². The van der Waals surface area contributed by atoms with Gasteiger partial charge in [-0.05, 0) is 12.5 Å². The number of aromatic nitrogens is 5. The molecule has 8 heteroatoms. The van der Waals surface area contributed by atoms with Crippen molar-refractivity contribution in [2.24, 2.45) is 7.05 Å². The van der Waals surface area contributed by atoms with E-state index in [1.165, 1.54) is 0 Å². The number of nitrogens with zero attached hydrogens (tertiary/aromatic N) is 5. The summed E-state index contributed by atoms with van der Waals surface area (Å²) in [7, 11) is 1.86. The van der Waals surface area contributed by atoms with Crippen molar-refractivity contribution in [2.75, 3.05) is 6.54 Å². The summed E-state index contributed by atoms with van der Waals surface area (Å²) in [6.07, 6.45) is 3.40. The second-order valence-electron chi connectivity index (χ2n) is 7.26. The normalized spacial score (nSPS) is 16.1. The third kappa shape index (κ3) is 2.93. The SMILES string of the molecule is Cc1c(-c2cc(C(=O)N3Cc4[nH]cnc4C(c4ccccc4)C3)no2)cnn1C. The van der Waals surface area contributed by atoms with Crippen molar-refractivity contribution in [2.45, 2.75) is 19.4 Å². The maximum absolute atomic E-state index is 13.2. The number of benzene rings is 1. The molecule has 8 nitrogen and oxygen atoms in total. The summed E-state index contributed by atoms with van der Waals surface area (Å²) in [4.78, 5) is 22.7. The molecule has 4 heterocycles. The van der Waals surface area contributed by atoms with Crippen LogP contribution in [0.3, 0.4) is 0 Å². The molecule has 0 fully saturated rings. The lowest BCUT2D eigenvalue weighted by Crippen LogP contribution is -2.38. The molecular weight excluding hydrogens is 368 g/mol. The van der Waals surface area contributed by atoms with E-state index in [2.05, 4.69) is 32.4 Å². The van der Waals surface area contributed by atoms with Crippen molar-refractivity contribution in [3.8, 4) is 11.3 Å². The van der Waals surface area contributed by atoms with Gasteiger partial charge in [-0.3, -0.25) is 9.48 Å². The number of aromatic amines is 1. The van der Waals surface area contributed by atoms with Crippen LogP contribution in [0.1, 0.15) is 39.1 Å². The summed E-state index contributed by atoms with van der Waals surface area (Å²) in [5.41, 5.74) is 5.14. The molecule has 0 bridgehead atoms. The zero-order chi connectivity index (χ0) is 20.0. The van der Waals surface area contributed by atoms with Crippen molar-refractivity contribution >= 4 is 5.91 Å². The smallest absolute Gasteiger partial charge is 0.276 e. The van der Waals surface area contributed by atoms with E-state index in [4.69, 9.17) is 4.52 Å². The highest BCUT2D eigenvalue weighted by Crippen LogP contribution is 2.32. The van der Waals surface area contributed by atoms with Crippen LogP contribution in [0.15, 0.2) is 53.4 Å². The second kappa shape index (κ2) is 6.73. The zero-order valence-corrected chi connectivity index (χ0v) is 16.2. The Morgan fingerprint density at radius 3 is 2.86 bits per heavy atom. The number of amides is 1. The topological polar surface area (TPSA) is 92.8 Å². The van der Waals surface area contributed by atoms with E-state index in [1.54, 1.807) is 28.2 Å². The fraction of sp³-hybridized carbons (Fsp3) is 0.238. The number of hydrogen-bond donors (Lipinski definition) is 1. The number of carbonyl (C=O) groups is 1. The minimum absolute atomic E-state index is 0.0158. The molecule has 0 aliphatic carbocycles. The maximum atomic E-state index is 13.2. The summed E-state index contributed by atoms with van der Waals surface area (Å²) in [6.45, 7) is 2.95. The molecule has 1 atom stereocenters. The molecule has 1 amide bonds. The van der Waals surface area contributed by atoms with E-state index in [1.807, 2.05) is 32.2 Å². The number of fused-ring (bicyclic) bond motifs is 1. The monoisotopic (exact) mass is 388 g/mol. The van der Waals surface area contributed by atoms with E-state index in [9.17, 15) is 4.79 Å². The molecular formula is C21H20N6O2. The predicted octanol–water partition coefficient (Wildman–Crippen LogP) is 2.89. The summed E-state index contributed by atoms with van der Waals surface area (Å²) >= 11 is 0. The van der Waals surface area contributed by atoms with Crippen molar-refractivity contribution in [1.29, 1.82) is 0 Å². The fourth-order valence-electron chi connectivity index (χ4n) is 3.83. The van der Waals surface area contributed by atoms with Crippen molar-refractivity contribution in [1.82, 2.24) is 29.8 Å². The van der Waals surface area contributed by atoms with E-state index in [0.717, 1.165) is 28.2 Å². The molecule has 0 spiro atoms. The highest BCUT2D eigenvalue weighted by atomic mass is 16.5. The number of carbonyl (C=O) groups excluding carboxylic acids is 1. The molecule has 4 aromatic rings. The first-order valence-electron chi connectivity index (χ1n) is 9.44. The number of rotatable bonds is 3. The van der Waals surface area contributed by atoms with Crippen LogP contribution in [0, 0.1) is 6.92 Å². The molecule has 5 rings (SSSR count). The van der Waals surface area contributed by atoms with Crippen LogP contribution in [-0.2, 0) is 13.6 Å². The van der Waals surface area contributed by atoms with Gasteiger partial charge in [-0.1, -0.05) is 35.5 Å². The van der Waals surface area contributed by atoms with Gasteiger partial charge in [0.15, 0.2) is 11.5 Å². The minimum atomic E-state index is -0.164. The average molecular weight is 388 g/mol. The van der Waals surface area contributed by atoms with Crippen LogP contribution in [0.2, 0.25) is 0 Å². The Hall–Kier alpha value is -3.68. The Bertz CT molecular complexity index is 1170. The van der Waals surface area contributed by atoms with Gasteiger partial charge in [0.1, 0.15) is 0 Å². The molecule has 0 radical (unpaired) electrons. The molecule has 1 aliphatic heterocycles. The first kappa shape index (κ1) is 17.4. The quantitative estimate of drug-likeness (QED) is 0.583. The Morgan fingerprint density at radius 1 is 1.28 bits per heavy atom. The van der Waals surface area contributed by atoms with Crippen molar-refractivity contribution in [3.05, 3.63) is 77.3 Å². The summed E-state index contributed by atoms with van der Waals surface area (Å²) in [5, 5.41) is 8.25. The van der Waals surface area contributed by atoms with Crippen molar-refractivity contribution < 1.29 is 9.32 Å². The third-order valence-electron chi connectivity index (χ3n) is 5.55. The van der Waals surface area contributed by atoms with Crippen LogP contribution in [0.5, 0.6) is 0 Å². The van der Waals surface area contributed by atoms with Crippen LogP contribution in [0.4, 0.5) is 0 Å². The van der Waals surface area contributed by atoms with Gasteiger partial charge in [0.05, 0.1) is 36.0 Å². The Labute approximate surface area is 167 Å². The van der Waals surface area contributed by atoms with E-state index < -0.39 is 0 Å².